The second-order valence-corrected chi connectivity index (χ2v) is 13.6. The fourth-order valence-corrected chi connectivity index (χ4v) is 9.30. The molecule has 0 amide bonds. The average molecular weight is 523 g/mol. The molecule has 6 rings (SSSR count). The number of rotatable bonds is 5. The molecule has 1 aromatic rings. The minimum absolute atomic E-state index is 0.126. The van der Waals surface area contributed by atoms with E-state index in [1.54, 1.807) is 6.26 Å². The third-order valence-corrected chi connectivity index (χ3v) is 11.8. The van der Waals surface area contributed by atoms with Gasteiger partial charge in [0, 0.05) is 18.0 Å². The van der Waals surface area contributed by atoms with E-state index in [-0.39, 0.29) is 22.4 Å². The van der Waals surface area contributed by atoms with Crippen LogP contribution in [-0.4, -0.2) is 47.6 Å². The van der Waals surface area contributed by atoms with E-state index in [0.717, 1.165) is 75.1 Å². The van der Waals surface area contributed by atoms with Gasteiger partial charge >= 0.3 is 5.63 Å². The van der Waals surface area contributed by atoms with Gasteiger partial charge in [0.2, 0.25) is 0 Å². The van der Waals surface area contributed by atoms with Gasteiger partial charge in [0.15, 0.2) is 0 Å². The smallest absolute Gasteiger partial charge is 0.335 e. The Morgan fingerprint density at radius 1 is 1.05 bits per heavy atom. The molecule has 4 aliphatic carbocycles. The molecule has 4 fully saturated rings. The number of hydrogen-bond donors (Lipinski definition) is 1. The third kappa shape index (κ3) is 4.30. The van der Waals surface area contributed by atoms with Crippen LogP contribution in [-0.2, 0) is 4.84 Å². The third-order valence-electron chi connectivity index (χ3n) is 11.8. The molecule has 6 heteroatoms. The lowest BCUT2D eigenvalue weighted by Crippen LogP contribution is -2.60. The first-order chi connectivity index (χ1) is 18.2. The Bertz CT molecular complexity index is 1130. The van der Waals surface area contributed by atoms with Crippen molar-refractivity contribution in [2.75, 3.05) is 26.2 Å². The molecule has 208 valence electrons. The molecular weight excluding hydrogens is 476 g/mol. The fraction of sp³-hybridized carbons (Fsp3) is 0.750. The molecule has 0 spiro atoms. The van der Waals surface area contributed by atoms with Gasteiger partial charge in [0.25, 0.3) is 0 Å². The van der Waals surface area contributed by atoms with Gasteiger partial charge < -0.3 is 14.4 Å². The minimum Gasteiger partial charge on any atom is -0.431 e. The Morgan fingerprint density at radius 2 is 1.87 bits per heavy atom. The maximum absolute atomic E-state index is 12.4. The second-order valence-electron chi connectivity index (χ2n) is 13.6. The largest absolute Gasteiger partial charge is 0.431 e. The highest BCUT2D eigenvalue weighted by atomic mass is 16.6. The molecule has 3 saturated carbocycles. The van der Waals surface area contributed by atoms with Crippen LogP contribution in [0.15, 0.2) is 44.4 Å². The minimum atomic E-state index is -0.672. The summed E-state index contributed by atoms with van der Waals surface area (Å²) in [7, 11) is 0. The van der Waals surface area contributed by atoms with Gasteiger partial charge in [-0.3, -0.25) is 4.90 Å². The Morgan fingerprint density at radius 3 is 2.63 bits per heavy atom. The van der Waals surface area contributed by atoms with E-state index in [0.29, 0.717) is 18.4 Å². The summed E-state index contributed by atoms with van der Waals surface area (Å²) in [5.41, 5.74) is 2.64. The molecule has 1 aliphatic heterocycles. The number of oxime groups is 1. The van der Waals surface area contributed by atoms with Crippen molar-refractivity contribution in [1.82, 2.24) is 4.90 Å². The number of nitrogens with zero attached hydrogens (tertiary/aromatic N) is 2. The molecule has 6 nitrogen and oxygen atoms in total. The van der Waals surface area contributed by atoms with Crippen molar-refractivity contribution in [3.63, 3.8) is 0 Å². The van der Waals surface area contributed by atoms with Crippen molar-refractivity contribution < 1.29 is 14.4 Å². The molecule has 0 unspecified atom stereocenters. The normalized spacial score (nSPS) is 40.8. The van der Waals surface area contributed by atoms with Gasteiger partial charge in [-0.1, -0.05) is 31.5 Å². The lowest BCUT2D eigenvalue weighted by Gasteiger charge is -2.61. The highest BCUT2D eigenvalue weighted by Crippen LogP contribution is 2.69. The molecule has 1 N–H and O–H groups in total. The molecule has 38 heavy (non-hydrogen) atoms. The molecule has 6 atom stereocenters. The van der Waals surface area contributed by atoms with Gasteiger partial charge in [-0.25, -0.2) is 4.79 Å². The first-order valence-electron chi connectivity index (χ1n) is 15.2. The molecule has 0 bridgehead atoms. The second kappa shape index (κ2) is 9.92. The number of fused-ring (bicyclic) bond motifs is 5. The van der Waals surface area contributed by atoms with E-state index in [4.69, 9.17) is 9.25 Å². The van der Waals surface area contributed by atoms with Crippen LogP contribution in [0.5, 0.6) is 0 Å². The highest BCUT2D eigenvalue weighted by molar-refractivity contribution is 5.96. The van der Waals surface area contributed by atoms with Crippen molar-refractivity contribution in [1.29, 1.82) is 0 Å². The predicted molar refractivity (Wildman–Crippen MR) is 149 cm³/mol. The lowest BCUT2D eigenvalue weighted by molar-refractivity contribution is -0.176. The van der Waals surface area contributed by atoms with Crippen molar-refractivity contribution >= 4 is 5.71 Å². The number of aliphatic hydroxyl groups is 1. The molecule has 0 radical (unpaired) electrons. The number of hydrogen-bond acceptors (Lipinski definition) is 6. The summed E-state index contributed by atoms with van der Waals surface area (Å²) in [6.45, 7) is 11.1. The number of likely N-dealkylation sites (tertiary alicyclic amines) is 1. The summed E-state index contributed by atoms with van der Waals surface area (Å²) < 4.78 is 5.23. The number of piperidine rings is 1. The van der Waals surface area contributed by atoms with Crippen molar-refractivity contribution in [2.24, 2.45) is 33.7 Å². The molecule has 1 aromatic heterocycles. The van der Waals surface area contributed by atoms with Crippen LogP contribution in [0.3, 0.4) is 0 Å². The maximum Gasteiger partial charge on any atom is 0.335 e. The van der Waals surface area contributed by atoms with Crippen molar-refractivity contribution in [2.45, 2.75) is 96.5 Å². The molecule has 1 saturated heterocycles. The Balaban J connectivity index is 1.14. The summed E-state index contributed by atoms with van der Waals surface area (Å²) in [5.74, 6) is 1.90. The summed E-state index contributed by atoms with van der Waals surface area (Å²) in [4.78, 5) is 19.9. The number of allylic oxidation sites excluding steroid dienone is 2. The van der Waals surface area contributed by atoms with Crippen molar-refractivity contribution in [3.8, 4) is 0 Å². The quantitative estimate of drug-likeness (QED) is 0.385. The summed E-state index contributed by atoms with van der Waals surface area (Å²) in [6, 6.07) is 3.44. The van der Waals surface area contributed by atoms with Crippen LogP contribution < -0.4 is 5.63 Å². The van der Waals surface area contributed by atoms with Crippen LogP contribution in [0.2, 0.25) is 0 Å². The first-order valence-corrected chi connectivity index (χ1v) is 15.2. The summed E-state index contributed by atoms with van der Waals surface area (Å²) >= 11 is 0. The monoisotopic (exact) mass is 522 g/mol. The molecule has 5 aliphatic rings. The van der Waals surface area contributed by atoms with Crippen LogP contribution in [0.25, 0.3) is 0 Å². The van der Waals surface area contributed by atoms with Crippen LogP contribution in [0.1, 0.15) is 96.5 Å². The van der Waals surface area contributed by atoms with Crippen LogP contribution >= 0.6 is 0 Å². The van der Waals surface area contributed by atoms with Gasteiger partial charge in [-0.05, 0) is 124 Å². The van der Waals surface area contributed by atoms with E-state index >= 15 is 0 Å². The zero-order chi connectivity index (χ0) is 26.5. The van der Waals surface area contributed by atoms with Crippen molar-refractivity contribution in [3.05, 3.63) is 46.0 Å². The SMILES string of the molecule is CC1CCN(CCO/N=C2/C=C3CC[C@@H]4[C@H](CC[C@]5(C)[C@@H](c6ccc(=O)oc6)CC[C@]45O)[C@@]3(C)CC2)CC1. The van der Waals surface area contributed by atoms with Crippen LogP contribution in [0, 0.1) is 28.6 Å². The zero-order valence-corrected chi connectivity index (χ0v) is 23.6. The standard InChI is InChI=1S/C32H46N2O4/c1-22-11-16-34(17-12-22)18-19-38-33-25-8-13-30(2)24(20-25)5-6-28-27(30)9-14-31(3)26(10-15-32(28,31)36)23-4-7-29(35)37-21-23/h4,7,20-22,26-28,36H,5-6,8-19H2,1-3H3/b33-25+/t26-,27+,28-,30+,31-,32+/m1/s1. The summed E-state index contributed by atoms with van der Waals surface area (Å²) in [5, 5.41) is 17.0. The fourth-order valence-electron chi connectivity index (χ4n) is 9.30. The molecule has 0 aromatic carbocycles. The van der Waals surface area contributed by atoms with Gasteiger partial charge in [0.1, 0.15) is 6.61 Å². The topological polar surface area (TPSA) is 75.3 Å². The highest BCUT2D eigenvalue weighted by Gasteiger charge is 2.66. The van der Waals surface area contributed by atoms with Gasteiger partial charge in [0.05, 0.1) is 17.6 Å². The molecule has 2 heterocycles. The summed E-state index contributed by atoms with van der Waals surface area (Å²) in [6.07, 6.45) is 14.6. The van der Waals surface area contributed by atoms with Crippen LogP contribution in [0.4, 0.5) is 0 Å². The lowest BCUT2D eigenvalue weighted by atomic mass is 9.45. The van der Waals surface area contributed by atoms with E-state index in [2.05, 4.69) is 36.9 Å². The van der Waals surface area contributed by atoms with Gasteiger partial charge in [-0.15, -0.1) is 0 Å². The van der Waals surface area contributed by atoms with E-state index in [1.807, 2.05) is 6.07 Å². The molecular formula is C32H46N2O4. The first kappa shape index (κ1) is 26.3. The van der Waals surface area contributed by atoms with E-state index in [9.17, 15) is 9.90 Å². The van der Waals surface area contributed by atoms with E-state index in [1.165, 1.54) is 37.6 Å². The average Bonchev–Trinajstić information content (AvgIpc) is 3.19. The maximum atomic E-state index is 12.4. The Hall–Kier alpha value is -1.92. The van der Waals surface area contributed by atoms with Gasteiger partial charge in [-0.2, -0.15) is 0 Å². The van der Waals surface area contributed by atoms with E-state index < -0.39 is 5.60 Å². The predicted octanol–water partition coefficient (Wildman–Crippen LogP) is 5.91. The zero-order valence-electron chi connectivity index (χ0n) is 23.6. The Labute approximate surface area is 227 Å². The Kier molecular flexibility index (Phi) is 6.87.